The molecule has 0 rings (SSSR count). The molecule has 0 aliphatic carbocycles. The Kier molecular flexibility index (Phi) is 9.35. The van der Waals surface area contributed by atoms with Gasteiger partial charge in [0, 0.05) is 28.9 Å². The molecule has 2 atom stereocenters. The number of thioether (sulfide) groups is 1. The van der Waals surface area contributed by atoms with Crippen molar-refractivity contribution in [3.63, 3.8) is 0 Å². The van der Waals surface area contributed by atoms with E-state index in [1.807, 2.05) is 18.7 Å². The summed E-state index contributed by atoms with van der Waals surface area (Å²) >= 11 is 1.89. The minimum atomic E-state index is -0.686. The van der Waals surface area contributed by atoms with E-state index in [1.165, 1.54) is 18.6 Å². The van der Waals surface area contributed by atoms with Crippen molar-refractivity contribution < 1.29 is 4.21 Å². The maximum atomic E-state index is 11.0. The lowest BCUT2D eigenvalue weighted by Crippen LogP contribution is -2.28. The lowest BCUT2D eigenvalue weighted by Gasteiger charge is -2.09. The van der Waals surface area contributed by atoms with Crippen molar-refractivity contribution in [3.8, 4) is 0 Å². The maximum absolute atomic E-state index is 11.0. The molecule has 0 saturated carbocycles. The number of unbranched alkanes of at least 4 members (excludes halogenated alkanes) is 1. The van der Waals surface area contributed by atoms with E-state index in [4.69, 9.17) is 0 Å². The van der Waals surface area contributed by atoms with E-state index in [2.05, 4.69) is 11.6 Å². The topological polar surface area (TPSA) is 29.1 Å². The first kappa shape index (κ1) is 13.5. The summed E-state index contributed by atoms with van der Waals surface area (Å²) in [5.74, 6) is 1.25. The van der Waals surface area contributed by atoms with Gasteiger partial charge in [0.1, 0.15) is 0 Å². The summed E-state index contributed by atoms with van der Waals surface area (Å²) in [4.78, 5) is 0. The van der Waals surface area contributed by atoms with Crippen LogP contribution < -0.4 is 5.32 Å². The lowest BCUT2D eigenvalue weighted by molar-refractivity contribution is 0.625. The predicted molar refractivity (Wildman–Crippen MR) is 64.0 cm³/mol. The van der Waals surface area contributed by atoms with Crippen molar-refractivity contribution in [2.75, 3.05) is 31.4 Å². The lowest BCUT2D eigenvalue weighted by atomic mass is 10.3. The summed E-state index contributed by atoms with van der Waals surface area (Å²) in [6.07, 6.45) is 6.40. The molecule has 0 radical (unpaired) electrons. The molecule has 0 bridgehead atoms. The molecule has 4 heteroatoms. The SMILES string of the molecule is CSCCCCNCC(C)S(C)=O. The van der Waals surface area contributed by atoms with Gasteiger partial charge in [-0.1, -0.05) is 0 Å². The molecule has 0 aromatic rings. The molecule has 0 saturated heterocycles. The predicted octanol–water partition coefficient (Wildman–Crippen LogP) is 1.49. The van der Waals surface area contributed by atoms with Gasteiger partial charge in [-0.05, 0) is 38.3 Å². The van der Waals surface area contributed by atoms with Crippen LogP contribution in [0.2, 0.25) is 0 Å². The van der Waals surface area contributed by atoms with Crippen LogP contribution >= 0.6 is 11.8 Å². The second-order valence-electron chi connectivity index (χ2n) is 3.21. The van der Waals surface area contributed by atoms with Gasteiger partial charge in [-0.2, -0.15) is 11.8 Å². The van der Waals surface area contributed by atoms with E-state index >= 15 is 0 Å². The normalized spacial score (nSPS) is 15.6. The highest BCUT2D eigenvalue weighted by Crippen LogP contribution is 1.98. The summed E-state index contributed by atoms with van der Waals surface area (Å²) in [6, 6.07) is 0. The first-order chi connectivity index (χ1) is 6.18. The number of hydrogen-bond acceptors (Lipinski definition) is 3. The van der Waals surface area contributed by atoms with Gasteiger partial charge in [-0.25, -0.2) is 0 Å². The van der Waals surface area contributed by atoms with Crippen LogP contribution in [0.3, 0.4) is 0 Å². The molecule has 0 aromatic heterocycles. The summed E-state index contributed by atoms with van der Waals surface area (Å²) < 4.78 is 11.0. The third-order valence-corrected chi connectivity index (χ3v) is 3.95. The van der Waals surface area contributed by atoms with Crippen molar-refractivity contribution in [2.24, 2.45) is 0 Å². The van der Waals surface area contributed by atoms with E-state index in [9.17, 15) is 4.21 Å². The monoisotopic (exact) mass is 223 g/mol. The van der Waals surface area contributed by atoms with Crippen LogP contribution in [-0.2, 0) is 10.8 Å². The van der Waals surface area contributed by atoms with Crippen molar-refractivity contribution >= 4 is 22.6 Å². The second kappa shape index (κ2) is 9.03. The molecule has 0 fully saturated rings. The Hall–Kier alpha value is 0.460. The Morgan fingerprint density at radius 2 is 2.15 bits per heavy atom. The number of nitrogens with one attached hydrogen (secondary N) is 1. The van der Waals surface area contributed by atoms with Crippen molar-refractivity contribution in [1.29, 1.82) is 0 Å². The smallest absolute Gasteiger partial charge is 0.0441 e. The van der Waals surface area contributed by atoms with E-state index in [-0.39, 0.29) is 5.25 Å². The van der Waals surface area contributed by atoms with E-state index in [0.29, 0.717) is 0 Å². The number of rotatable bonds is 8. The Balaban J connectivity index is 3.11. The quantitative estimate of drug-likeness (QED) is 0.632. The fraction of sp³-hybridized carbons (Fsp3) is 1.00. The average Bonchev–Trinajstić information content (AvgIpc) is 2.10. The van der Waals surface area contributed by atoms with Gasteiger partial charge in [0.2, 0.25) is 0 Å². The van der Waals surface area contributed by atoms with Crippen molar-refractivity contribution in [2.45, 2.75) is 25.0 Å². The van der Waals surface area contributed by atoms with Crippen molar-refractivity contribution in [3.05, 3.63) is 0 Å². The summed E-state index contributed by atoms with van der Waals surface area (Å²) in [6.45, 7) is 3.95. The third-order valence-electron chi connectivity index (χ3n) is 1.95. The zero-order chi connectivity index (χ0) is 10.1. The summed E-state index contributed by atoms with van der Waals surface area (Å²) in [5, 5.41) is 3.60. The van der Waals surface area contributed by atoms with Gasteiger partial charge >= 0.3 is 0 Å². The number of hydrogen-bond donors (Lipinski definition) is 1. The Morgan fingerprint density at radius 1 is 1.46 bits per heavy atom. The van der Waals surface area contributed by atoms with Crippen LogP contribution in [0.25, 0.3) is 0 Å². The fourth-order valence-electron chi connectivity index (χ4n) is 0.919. The van der Waals surface area contributed by atoms with Crippen LogP contribution in [0.5, 0.6) is 0 Å². The molecule has 2 nitrogen and oxygen atoms in total. The summed E-state index contributed by atoms with van der Waals surface area (Å²) in [7, 11) is -0.686. The van der Waals surface area contributed by atoms with E-state index in [1.54, 1.807) is 6.26 Å². The largest absolute Gasteiger partial charge is 0.316 e. The molecule has 0 heterocycles. The highest BCUT2D eigenvalue weighted by atomic mass is 32.2. The van der Waals surface area contributed by atoms with Gasteiger partial charge in [-0.15, -0.1) is 0 Å². The standard InChI is InChI=1S/C9H21NOS2/c1-9(13(3)11)8-10-6-4-5-7-12-2/h9-10H,4-8H2,1-3H3. The highest BCUT2D eigenvalue weighted by Gasteiger charge is 2.03. The molecule has 0 aliphatic heterocycles. The molecule has 80 valence electrons. The van der Waals surface area contributed by atoms with Gasteiger partial charge in [-0.3, -0.25) is 4.21 Å². The van der Waals surface area contributed by atoms with Crippen LogP contribution in [-0.4, -0.2) is 40.8 Å². The van der Waals surface area contributed by atoms with Crippen LogP contribution in [0.1, 0.15) is 19.8 Å². The van der Waals surface area contributed by atoms with Gasteiger partial charge < -0.3 is 5.32 Å². The Bertz CT molecular complexity index is 142. The first-order valence-electron chi connectivity index (χ1n) is 4.70. The molecular weight excluding hydrogens is 202 g/mol. The molecule has 0 aliphatic rings. The molecule has 0 aromatic carbocycles. The highest BCUT2D eigenvalue weighted by molar-refractivity contribution is 7.98. The van der Waals surface area contributed by atoms with Gasteiger partial charge in [0.25, 0.3) is 0 Å². The van der Waals surface area contributed by atoms with Crippen LogP contribution in [0.4, 0.5) is 0 Å². The second-order valence-corrected chi connectivity index (χ2v) is 6.00. The van der Waals surface area contributed by atoms with Crippen molar-refractivity contribution in [1.82, 2.24) is 5.32 Å². The zero-order valence-corrected chi connectivity index (χ0v) is 10.5. The van der Waals surface area contributed by atoms with Gasteiger partial charge in [0.05, 0.1) is 0 Å². The average molecular weight is 223 g/mol. The maximum Gasteiger partial charge on any atom is 0.0441 e. The molecule has 2 unspecified atom stereocenters. The van der Waals surface area contributed by atoms with Gasteiger partial charge in [0.15, 0.2) is 0 Å². The molecule has 1 N–H and O–H groups in total. The van der Waals surface area contributed by atoms with E-state index < -0.39 is 10.8 Å². The molecule has 0 spiro atoms. The Labute approximate surface area is 88.7 Å². The van der Waals surface area contributed by atoms with Crippen LogP contribution in [0, 0.1) is 0 Å². The first-order valence-corrected chi connectivity index (χ1v) is 7.72. The Morgan fingerprint density at radius 3 is 2.69 bits per heavy atom. The summed E-state index contributed by atoms with van der Waals surface area (Å²) in [5.41, 5.74) is 0. The third kappa shape index (κ3) is 8.78. The molecular formula is C9H21NOS2. The minimum absolute atomic E-state index is 0.278. The zero-order valence-electron chi connectivity index (χ0n) is 8.84. The molecule has 0 amide bonds. The van der Waals surface area contributed by atoms with Crippen LogP contribution in [0.15, 0.2) is 0 Å². The van der Waals surface area contributed by atoms with E-state index in [0.717, 1.165) is 13.1 Å². The molecule has 13 heavy (non-hydrogen) atoms. The minimum Gasteiger partial charge on any atom is -0.316 e. The fourth-order valence-corrected chi connectivity index (χ4v) is 1.76.